The fourth-order valence-corrected chi connectivity index (χ4v) is 5.17. The summed E-state index contributed by atoms with van der Waals surface area (Å²) >= 11 is 1.36. The van der Waals surface area contributed by atoms with Crippen molar-refractivity contribution >= 4 is 29.1 Å². The maximum atomic E-state index is 11.7. The molecular weight excluding hydrogens is 614 g/mol. The van der Waals surface area contributed by atoms with Crippen molar-refractivity contribution < 1.29 is 24.2 Å². The summed E-state index contributed by atoms with van der Waals surface area (Å²) in [6, 6.07) is 15.7. The third kappa shape index (κ3) is 12.9. The molecule has 2 aromatic heterocycles. The van der Waals surface area contributed by atoms with Crippen molar-refractivity contribution in [3.63, 3.8) is 0 Å². The molecule has 0 saturated carbocycles. The first-order valence-corrected chi connectivity index (χ1v) is 16.7. The van der Waals surface area contributed by atoms with E-state index >= 15 is 0 Å². The van der Waals surface area contributed by atoms with Crippen LogP contribution in [0.1, 0.15) is 86.5 Å². The van der Waals surface area contributed by atoms with Crippen molar-refractivity contribution in [3.05, 3.63) is 82.6 Å². The lowest BCUT2D eigenvalue weighted by Crippen LogP contribution is -2.29. The molecule has 2 aromatic carbocycles. The molecule has 0 unspecified atom stereocenters. The number of hydrogen-bond donors (Lipinski definition) is 3. The molecule has 11 heteroatoms. The number of primary amides is 1. The van der Waals surface area contributed by atoms with Crippen LogP contribution in [0.15, 0.2) is 67.1 Å². The van der Waals surface area contributed by atoms with Gasteiger partial charge in [0.15, 0.2) is 10.8 Å². The van der Waals surface area contributed by atoms with Crippen LogP contribution < -0.4 is 15.8 Å². The summed E-state index contributed by atoms with van der Waals surface area (Å²) in [4.78, 5) is 46.9. The number of rotatable bonds is 15. The Labute approximate surface area is 280 Å². The number of aryl methyl sites for hydroxylation is 1. The van der Waals surface area contributed by atoms with Gasteiger partial charge in [0, 0.05) is 41.0 Å². The number of aliphatic carboxylic acids is 1. The molecule has 47 heavy (non-hydrogen) atoms. The summed E-state index contributed by atoms with van der Waals surface area (Å²) in [6.07, 6.45) is 12.2. The van der Waals surface area contributed by atoms with Gasteiger partial charge in [0.05, 0.1) is 6.61 Å². The summed E-state index contributed by atoms with van der Waals surface area (Å²) in [5, 5.41) is 11.4. The minimum Gasteiger partial charge on any atom is -0.494 e. The second-order valence-electron chi connectivity index (χ2n) is 12.1. The van der Waals surface area contributed by atoms with Crippen LogP contribution in [0, 0.1) is 0 Å². The van der Waals surface area contributed by atoms with E-state index in [1.807, 2.05) is 60.9 Å². The number of nitrogens with two attached hydrogens (primary N) is 1. The van der Waals surface area contributed by atoms with Crippen LogP contribution in [0.5, 0.6) is 5.75 Å². The van der Waals surface area contributed by atoms with Crippen molar-refractivity contribution in [1.82, 2.24) is 20.3 Å². The SMILES string of the molecule is CC(C)(C)c1cnc(C(N)=O)s1.CCCCCCCOc1ccc(-c2cnc(-c3ccc(CCC(=O)NCC(=O)O)cc3)nc2)cc1. The minimum absolute atomic E-state index is 0.0470. The number of unbranched alkanes of at least 4 members (excludes halogenated alkanes) is 4. The van der Waals surface area contributed by atoms with Gasteiger partial charge in [-0.05, 0) is 41.5 Å². The van der Waals surface area contributed by atoms with Crippen LogP contribution in [0.2, 0.25) is 0 Å². The maximum absolute atomic E-state index is 11.7. The van der Waals surface area contributed by atoms with Crippen LogP contribution in [0.25, 0.3) is 22.5 Å². The van der Waals surface area contributed by atoms with E-state index in [0.717, 1.165) is 45.9 Å². The number of carbonyl (C=O) groups excluding carboxylic acids is 2. The van der Waals surface area contributed by atoms with Gasteiger partial charge in [0.1, 0.15) is 12.3 Å². The fourth-order valence-electron chi connectivity index (χ4n) is 4.34. The molecule has 4 N–H and O–H groups in total. The summed E-state index contributed by atoms with van der Waals surface area (Å²) in [6.45, 7) is 8.83. The van der Waals surface area contributed by atoms with Crippen molar-refractivity contribution in [2.75, 3.05) is 13.2 Å². The zero-order valence-corrected chi connectivity index (χ0v) is 28.4. The number of carbonyl (C=O) groups is 3. The first kappa shape index (κ1) is 36.8. The fraction of sp³-hybridized carbons (Fsp3) is 0.389. The standard InChI is InChI=1S/C28H33N3O4.C8H12N2OS/c1-2-3-4-5-6-17-35-25-14-12-22(13-15-25)24-18-30-28(31-19-24)23-10-7-21(8-11-23)9-16-26(32)29-20-27(33)34;1-8(2,3)5-4-10-7(12-5)6(9)11/h7-8,10-15,18-19H,2-6,9,16-17,20H2,1H3,(H,29,32)(H,33,34);4H,1-3H3,(H2,9,11). The van der Waals surface area contributed by atoms with Gasteiger partial charge in [0.25, 0.3) is 5.91 Å². The number of thiazole rings is 1. The van der Waals surface area contributed by atoms with Crippen LogP contribution in [-0.4, -0.2) is 51.0 Å². The maximum Gasteiger partial charge on any atom is 0.322 e. The van der Waals surface area contributed by atoms with Gasteiger partial charge in [-0.3, -0.25) is 14.4 Å². The Balaban J connectivity index is 0.000000420. The van der Waals surface area contributed by atoms with E-state index in [1.54, 1.807) is 6.20 Å². The number of carboxylic acid groups (broad SMARTS) is 1. The van der Waals surface area contributed by atoms with Gasteiger partial charge in [-0.25, -0.2) is 15.0 Å². The van der Waals surface area contributed by atoms with Crippen molar-refractivity contribution in [2.24, 2.45) is 5.73 Å². The van der Waals surface area contributed by atoms with E-state index in [0.29, 0.717) is 17.3 Å². The number of hydrogen-bond acceptors (Lipinski definition) is 8. The highest BCUT2D eigenvalue weighted by molar-refractivity contribution is 7.13. The molecule has 2 amide bonds. The quantitative estimate of drug-likeness (QED) is 0.117. The van der Waals surface area contributed by atoms with E-state index in [1.165, 1.54) is 37.0 Å². The van der Waals surface area contributed by atoms with Crippen LogP contribution >= 0.6 is 11.3 Å². The molecule has 0 bridgehead atoms. The van der Waals surface area contributed by atoms with Crippen LogP contribution in [0.4, 0.5) is 0 Å². The molecule has 4 aromatic rings. The monoisotopic (exact) mass is 659 g/mol. The van der Waals surface area contributed by atoms with Gasteiger partial charge in [-0.15, -0.1) is 11.3 Å². The normalized spacial score (nSPS) is 10.9. The number of aromatic nitrogens is 3. The number of amides is 2. The summed E-state index contributed by atoms with van der Waals surface area (Å²) in [7, 11) is 0. The van der Waals surface area contributed by atoms with E-state index in [2.05, 4.69) is 48.0 Å². The van der Waals surface area contributed by atoms with E-state index in [9.17, 15) is 14.4 Å². The molecule has 0 saturated heterocycles. The van der Waals surface area contributed by atoms with Gasteiger partial charge in [0.2, 0.25) is 5.91 Å². The average molecular weight is 660 g/mol. The lowest BCUT2D eigenvalue weighted by molar-refractivity contribution is -0.137. The molecule has 0 aliphatic rings. The lowest BCUT2D eigenvalue weighted by atomic mass is 9.96. The molecule has 0 atom stereocenters. The Kier molecular flexibility index (Phi) is 14.5. The first-order chi connectivity index (χ1) is 22.5. The smallest absolute Gasteiger partial charge is 0.322 e. The zero-order chi connectivity index (χ0) is 34.2. The number of nitrogens with one attached hydrogen (secondary N) is 1. The summed E-state index contributed by atoms with van der Waals surface area (Å²) in [5.41, 5.74) is 8.96. The van der Waals surface area contributed by atoms with Gasteiger partial charge < -0.3 is 20.9 Å². The highest BCUT2D eigenvalue weighted by Gasteiger charge is 2.18. The third-order valence-corrected chi connectivity index (χ3v) is 8.54. The molecule has 4 rings (SSSR count). The first-order valence-electron chi connectivity index (χ1n) is 15.9. The molecule has 0 aliphatic heterocycles. The Morgan fingerprint density at radius 3 is 2.04 bits per heavy atom. The molecule has 0 fully saturated rings. The number of carboxylic acids is 1. The molecule has 2 heterocycles. The summed E-state index contributed by atoms with van der Waals surface area (Å²) in [5.74, 6) is -0.278. The Hall–Kier alpha value is -4.64. The minimum atomic E-state index is -1.05. The Bertz CT molecular complexity index is 1560. The lowest BCUT2D eigenvalue weighted by Gasteiger charge is -2.14. The van der Waals surface area contributed by atoms with Crippen LogP contribution in [0.3, 0.4) is 0 Å². The zero-order valence-electron chi connectivity index (χ0n) is 27.6. The number of nitrogens with zero attached hydrogens (tertiary/aromatic N) is 3. The van der Waals surface area contributed by atoms with E-state index in [4.69, 9.17) is 15.6 Å². The van der Waals surface area contributed by atoms with Gasteiger partial charge in [-0.1, -0.05) is 89.8 Å². The largest absolute Gasteiger partial charge is 0.494 e. The summed E-state index contributed by atoms with van der Waals surface area (Å²) < 4.78 is 5.84. The topological polar surface area (TPSA) is 157 Å². The van der Waals surface area contributed by atoms with Crippen molar-refractivity contribution in [3.8, 4) is 28.3 Å². The predicted molar refractivity (Wildman–Crippen MR) is 185 cm³/mol. The molecule has 250 valence electrons. The second-order valence-corrected chi connectivity index (χ2v) is 13.1. The van der Waals surface area contributed by atoms with E-state index in [-0.39, 0.29) is 24.3 Å². The number of ether oxygens (including phenoxy) is 1. The van der Waals surface area contributed by atoms with Crippen LogP contribution in [-0.2, 0) is 21.4 Å². The molecule has 0 radical (unpaired) electrons. The second kappa shape index (κ2) is 18.5. The van der Waals surface area contributed by atoms with Crippen molar-refractivity contribution in [1.29, 1.82) is 0 Å². The third-order valence-electron chi connectivity index (χ3n) is 7.10. The predicted octanol–water partition coefficient (Wildman–Crippen LogP) is 6.83. The average Bonchev–Trinajstić information content (AvgIpc) is 3.58. The Morgan fingerprint density at radius 2 is 1.49 bits per heavy atom. The highest BCUT2D eigenvalue weighted by atomic mass is 32.1. The number of benzene rings is 2. The molecule has 0 aliphatic carbocycles. The van der Waals surface area contributed by atoms with Crippen molar-refractivity contribution in [2.45, 2.75) is 78.1 Å². The van der Waals surface area contributed by atoms with E-state index < -0.39 is 11.9 Å². The van der Waals surface area contributed by atoms with Gasteiger partial charge in [-0.2, -0.15) is 0 Å². The Morgan fingerprint density at radius 1 is 0.851 bits per heavy atom. The molecule has 10 nitrogen and oxygen atoms in total. The molecular formula is C36H45N5O5S. The van der Waals surface area contributed by atoms with Gasteiger partial charge >= 0.3 is 5.97 Å². The highest BCUT2D eigenvalue weighted by Crippen LogP contribution is 2.27. The molecule has 0 spiro atoms.